The highest BCUT2D eigenvalue weighted by Crippen LogP contribution is 2.37. The molecule has 0 saturated carbocycles. The van der Waals surface area contributed by atoms with E-state index in [4.69, 9.17) is 14.2 Å². The first-order chi connectivity index (χ1) is 18.9. The number of rotatable bonds is 10. The number of ether oxygens (including phenoxy) is 3. The average molecular weight is 595 g/mol. The minimum Gasteiger partial charge on any atom is -0.494 e. The molecule has 40 heavy (non-hydrogen) atoms. The maximum Gasteiger partial charge on any atom is 0.211 e. The lowest BCUT2D eigenvalue weighted by Gasteiger charge is -2.31. The topological polar surface area (TPSA) is 156 Å². The minimum absolute atomic E-state index is 0.0145. The van der Waals surface area contributed by atoms with Gasteiger partial charge in [0.15, 0.2) is 21.5 Å². The van der Waals surface area contributed by atoms with Crippen molar-refractivity contribution in [2.45, 2.75) is 43.8 Å². The quantitative estimate of drug-likeness (QED) is 0.337. The molecular formula is C25H34N6O7S2. The third-order valence-corrected chi connectivity index (χ3v) is 10.4. The molecule has 1 saturated heterocycles. The summed E-state index contributed by atoms with van der Waals surface area (Å²) in [6.07, 6.45) is 3.61. The molecule has 0 aliphatic carbocycles. The van der Waals surface area contributed by atoms with Crippen molar-refractivity contribution in [1.29, 1.82) is 0 Å². The maximum absolute atomic E-state index is 13.7. The Balaban J connectivity index is 1.80. The summed E-state index contributed by atoms with van der Waals surface area (Å²) < 4.78 is 72.0. The van der Waals surface area contributed by atoms with Crippen molar-refractivity contribution in [2.75, 3.05) is 40.2 Å². The average Bonchev–Trinajstić information content (AvgIpc) is 3.33. The van der Waals surface area contributed by atoms with Gasteiger partial charge >= 0.3 is 0 Å². The van der Waals surface area contributed by atoms with Crippen LogP contribution in [0.3, 0.4) is 0 Å². The Hall–Kier alpha value is -3.14. The fourth-order valence-corrected chi connectivity index (χ4v) is 6.85. The molecule has 15 heteroatoms. The molecule has 0 amide bonds. The summed E-state index contributed by atoms with van der Waals surface area (Å²) in [5, 5.41) is 7.71. The molecular weight excluding hydrogens is 560 g/mol. The first-order valence-corrected chi connectivity index (χ1v) is 16.2. The van der Waals surface area contributed by atoms with Gasteiger partial charge in [-0.3, -0.25) is 4.57 Å². The van der Waals surface area contributed by atoms with Crippen LogP contribution in [0.25, 0.3) is 5.69 Å². The van der Waals surface area contributed by atoms with Crippen LogP contribution in [-0.2, 0) is 30.4 Å². The number of hydrogen-bond acceptors (Lipinski definition) is 11. The Labute approximate surface area is 234 Å². The minimum atomic E-state index is -3.82. The summed E-state index contributed by atoms with van der Waals surface area (Å²) in [7, 11) is -4.37. The SMILES string of the molecule is COc1cccc(OC)c1-n1c(CS(=O)(=O)[C@@H](C)[C@H](C)c2ncc(C)cn2)nnc1[C@H]1CN(S(C)(=O)=O)CCO1. The van der Waals surface area contributed by atoms with Gasteiger partial charge in [-0.15, -0.1) is 10.2 Å². The molecule has 0 spiro atoms. The van der Waals surface area contributed by atoms with Crippen molar-refractivity contribution in [1.82, 2.24) is 29.0 Å². The zero-order chi connectivity index (χ0) is 29.2. The van der Waals surface area contributed by atoms with Crippen molar-refractivity contribution in [3.63, 3.8) is 0 Å². The fourth-order valence-electron chi connectivity index (χ4n) is 4.48. The molecule has 0 N–H and O–H groups in total. The maximum atomic E-state index is 13.7. The van der Waals surface area contributed by atoms with Crippen LogP contribution in [0.1, 0.15) is 48.9 Å². The molecule has 1 aromatic carbocycles. The predicted molar refractivity (Wildman–Crippen MR) is 147 cm³/mol. The van der Waals surface area contributed by atoms with Gasteiger partial charge in [0, 0.05) is 31.4 Å². The van der Waals surface area contributed by atoms with E-state index in [-0.39, 0.29) is 31.3 Å². The number of sulfone groups is 1. The predicted octanol–water partition coefficient (Wildman–Crippen LogP) is 1.82. The molecule has 0 bridgehead atoms. The molecule has 218 valence electrons. The van der Waals surface area contributed by atoms with E-state index in [0.717, 1.165) is 11.8 Å². The number of sulfonamides is 1. The third-order valence-electron chi connectivity index (χ3n) is 6.98. The molecule has 3 aromatic rings. The third kappa shape index (κ3) is 6.11. The Kier molecular flexibility index (Phi) is 8.77. The molecule has 0 unspecified atom stereocenters. The van der Waals surface area contributed by atoms with E-state index in [0.29, 0.717) is 23.0 Å². The lowest BCUT2D eigenvalue weighted by atomic mass is 10.1. The highest BCUT2D eigenvalue weighted by atomic mass is 32.2. The molecule has 1 aliphatic rings. The summed E-state index contributed by atoms with van der Waals surface area (Å²) in [6.45, 7) is 5.55. The summed E-state index contributed by atoms with van der Waals surface area (Å²) in [5.41, 5.74) is 1.25. The number of aryl methyl sites for hydroxylation is 1. The van der Waals surface area contributed by atoms with Gasteiger partial charge in [0.1, 0.15) is 34.9 Å². The molecule has 1 fully saturated rings. The van der Waals surface area contributed by atoms with Crippen LogP contribution in [0.4, 0.5) is 0 Å². The summed E-state index contributed by atoms with van der Waals surface area (Å²) in [5.74, 6) is 0.541. The van der Waals surface area contributed by atoms with Crippen LogP contribution in [0.15, 0.2) is 30.6 Å². The van der Waals surface area contributed by atoms with Crippen molar-refractivity contribution >= 4 is 19.9 Å². The van der Waals surface area contributed by atoms with Gasteiger partial charge in [0.2, 0.25) is 10.0 Å². The molecule has 2 aromatic heterocycles. The Morgan fingerprint density at radius 2 is 1.68 bits per heavy atom. The summed E-state index contributed by atoms with van der Waals surface area (Å²) >= 11 is 0. The zero-order valence-corrected chi connectivity index (χ0v) is 24.9. The van der Waals surface area contributed by atoms with E-state index in [1.54, 1.807) is 44.4 Å². The van der Waals surface area contributed by atoms with E-state index in [1.165, 1.54) is 23.1 Å². The van der Waals surface area contributed by atoms with Crippen molar-refractivity contribution in [3.05, 3.63) is 53.6 Å². The Bertz CT molecular complexity index is 1540. The van der Waals surface area contributed by atoms with Crippen LogP contribution in [0.5, 0.6) is 11.5 Å². The fraction of sp³-hybridized carbons (Fsp3) is 0.520. The first-order valence-electron chi connectivity index (χ1n) is 12.6. The smallest absolute Gasteiger partial charge is 0.211 e. The molecule has 3 atom stereocenters. The normalized spacial score (nSPS) is 18.3. The second-order valence-electron chi connectivity index (χ2n) is 9.72. The number of methoxy groups -OCH3 is 2. The van der Waals surface area contributed by atoms with E-state index in [9.17, 15) is 16.8 Å². The number of para-hydroxylation sites is 1. The van der Waals surface area contributed by atoms with Crippen LogP contribution in [-0.4, -0.2) is 91.3 Å². The van der Waals surface area contributed by atoms with E-state index < -0.39 is 42.9 Å². The van der Waals surface area contributed by atoms with Crippen molar-refractivity contribution in [3.8, 4) is 17.2 Å². The number of morpholine rings is 1. The van der Waals surface area contributed by atoms with Crippen molar-refractivity contribution < 1.29 is 31.0 Å². The van der Waals surface area contributed by atoms with E-state index >= 15 is 0 Å². The number of aromatic nitrogens is 5. The van der Waals surface area contributed by atoms with Gasteiger partial charge in [-0.05, 0) is 31.5 Å². The molecule has 0 radical (unpaired) electrons. The van der Waals surface area contributed by atoms with Gasteiger partial charge < -0.3 is 14.2 Å². The largest absolute Gasteiger partial charge is 0.494 e. The summed E-state index contributed by atoms with van der Waals surface area (Å²) in [4.78, 5) is 8.62. The highest BCUT2D eigenvalue weighted by molar-refractivity contribution is 7.91. The Morgan fingerprint density at radius 3 is 2.25 bits per heavy atom. The molecule has 1 aliphatic heterocycles. The van der Waals surface area contributed by atoms with Gasteiger partial charge in [-0.1, -0.05) is 13.0 Å². The lowest BCUT2D eigenvalue weighted by Crippen LogP contribution is -2.42. The lowest BCUT2D eigenvalue weighted by molar-refractivity contribution is -0.00836. The first kappa shape index (κ1) is 29.8. The number of hydrogen-bond donors (Lipinski definition) is 0. The van der Waals surface area contributed by atoms with Crippen LogP contribution >= 0.6 is 0 Å². The van der Waals surface area contributed by atoms with Gasteiger partial charge in [0.25, 0.3) is 0 Å². The standard InChI is InChI=1S/C25H34N6O7S2/c1-16-12-26-24(27-13-16)17(2)18(3)40(34,35)15-22-28-29-25(21-14-30(10-11-38-21)39(6,32)33)31(22)23-19(36-4)8-7-9-20(23)37-5/h7-9,12-13,17-18,21H,10-11,14-15H2,1-6H3/t17-,18-,21+/m0/s1. The van der Waals surface area contributed by atoms with Gasteiger partial charge in [0.05, 0.1) is 32.3 Å². The molecule has 13 nitrogen and oxygen atoms in total. The second-order valence-corrected chi connectivity index (χ2v) is 14.1. The second kappa shape index (κ2) is 11.8. The van der Waals surface area contributed by atoms with E-state index in [1.807, 2.05) is 6.92 Å². The summed E-state index contributed by atoms with van der Waals surface area (Å²) in [6, 6.07) is 5.13. The van der Waals surface area contributed by atoms with Crippen molar-refractivity contribution in [2.24, 2.45) is 0 Å². The Morgan fingerprint density at radius 1 is 1.05 bits per heavy atom. The highest BCUT2D eigenvalue weighted by Gasteiger charge is 2.36. The number of benzene rings is 1. The monoisotopic (exact) mass is 594 g/mol. The van der Waals surface area contributed by atoms with Gasteiger partial charge in [-0.2, -0.15) is 4.31 Å². The van der Waals surface area contributed by atoms with Crippen LogP contribution < -0.4 is 9.47 Å². The van der Waals surface area contributed by atoms with Gasteiger partial charge in [-0.25, -0.2) is 26.8 Å². The van der Waals surface area contributed by atoms with Crippen LogP contribution in [0.2, 0.25) is 0 Å². The van der Waals surface area contributed by atoms with Crippen LogP contribution in [0, 0.1) is 6.92 Å². The zero-order valence-electron chi connectivity index (χ0n) is 23.3. The number of nitrogens with zero attached hydrogens (tertiary/aromatic N) is 6. The molecule has 3 heterocycles. The molecule has 4 rings (SSSR count). The van der Waals surface area contributed by atoms with E-state index in [2.05, 4.69) is 20.2 Å².